The van der Waals surface area contributed by atoms with Crippen LogP contribution in [-0.2, 0) is 4.74 Å². The number of nitrogens with one attached hydrogen (secondary N) is 1. The fourth-order valence-corrected chi connectivity index (χ4v) is 4.00. The summed E-state index contributed by atoms with van der Waals surface area (Å²) in [5.74, 6) is 0.733. The lowest BCUT2D eigenvalue weighted by Gasteiger charge is -2.37. The normalized spacial score (nSPS) is 26.2. The van der Waals surface area contributed by atoms with Crippen molar-refractivity contribution in [2.45, 2.75) is 32.4 Å². The summed E-state index contributed by atoms with van der Waals surface area (Å²) in [5.41, 5.74) is 6.15. The Morgan fingerprint density at radius 1 is 1.18 bits per heavy atom. The van der Waals surface area contributed by atoms with Crippen LogP contribution in [-0.4, -0.2) is 11.7 Å². The quantitative estimate of drug-likeness (QED) is 0.826. The molecule has 0 spiro atoms. The van der Waals surface area contributed by atoms with Crippen LogP contribution in [0.3, 0.4) is 0 Å². The summed E-state index contributed by atoms with van der Waals surface area (Å²) in [7, 11) is 0. The summed E-state index contributed by atoms with van der Waals surface area (Å²) >= 11 is 0. The first-order valence-corrected chi connectivity index (χ1v) is 7.91. The van der Waals surface area contributed by atoms with Crippen molar-refractivity contribution in [2.75, 3.05) is 11.9 Å². The second-order valence-corrected chi connectivity index (χ2v) is 6.51. The van der Waals surface area contributed by atoms with Gasteiger partial charge in [-0.25, -0.2) is 0 Å². The third-order valence-electron chi connectivity index (χ3n) is 4.91. The average Bonchev–Trinajstić information content (AvgIpc) is 2.96. The van der Waals surface area contributed by atoms with Crippen molar-refractivity contribution in [1.29, 1.82) is 0 Å². The van der Waals surface area contributed by atoms with Crippen LogP contribution in [0.4, 0.5) is 5.69 Å². The van der Waals surface area contributed by atoms with Gasteiger partial charge in [0.1, 0.15) is 5.75 Å². The van der Waals surface area contributed by atoms with E-state index in [9.17, 15) is 5.11 Å². The van der Waals surface area contributed by atoms with Crippen molar-refractivity contribution in [3.8, 4) is 5.75 Å². The molecule has 2 aliphatic rings. The number of benzene rings is 2. The van der Waals surface area contributed by atoms with Gasteiger partial charge in [-0.15, -0.1) is 0 Å². The molecule has 2 N–H and O–H groups in total. The van der Waals surface area contributed by atoms with Gasteiger partial charge in [-0.2, -0.15) is 0 Å². The Balaban J connectivity index is 1.83. The highest BCUT2D eigenvalue weighted by molar-refractivity contribution is 5.63. The van der Waals surface area contributed by atoms with E-state index in [1.807, 2.05) is 12.1 Å². The molecule has 0 saturated carbocycles. The molecule has 4 rings (SSSR count). The van der Waals surface area contributed by atoms with Gasteiger partial charge in [0.2, 0.25) is 0 Å². The van der Waals surface area contributed by atoms with Gasteiger partial charge in [0, 0.05) is 23.8 Å². The first kappa shape index (κ1) is 13.6. The lowest BCUT2D eigenvalue weighted by atomic mass is 9.80. The molecule has 0 bridgehead atoms. The second kappa shape index (κ2) is 5.03. The maximum absolute atomic E-state index is 9.81. The van der Waals surface area contributed by atoms with E-state index in [0.29, 0.717) is 11.7 Å². The highest BCUT2D eigenvalue weighted by Crippen LogP contribution is 2.51. The van der Waals surface area contributed by atoms with Crippen LogP contribution in [0.25, 0.3) is 0 Å². The van der Waals surface area contributed by atoms with Crippen LogP contribution in [0.1, 0.15) is 40.8 Å². The summed E-state index contributed by atoms with van der Waals surface area (Å²) in [4.78, 5) is 0. The molecule has 1 fully saturated rings. The number of ether oxygens (including phenoxy) is 1. The molecule has 22 heavy (non-hydrogen) atoms. The smallest absolute Gasteiger partial charge is 0.115 e. The molecule has 0 aromatic heterocycles. The molecule has 2 heterocycles. The standard InChI is InChI=1S/C19H21NO2/c1-11-8-12(2)17-16(9-11)19-15(6-7-22-19)18(20-17)13-4-3-5-14(21)10-13/h3-5,8-10,15,18-21H,6-7H2,1-2H3. The van der Waals surface area contributed by atoms with E-state index in [-0.39, 0.29) is 12.1 Å². The van der Waals surface area contributed by atoms with Gasteiger partial charge in [-0.1, -0.05) is 29.8 Å². The van der Waals surface area contributed by atoms with Gasteiger partial charge < -0.3 is 15.2 Å². The maximum Gasteiger partial charge on any atom is 0.115 e. The van der Waals surface area contributed by atoms with Crippen molar-refractivity contribution in [3.63, 3.8) is 0 Å². The van der Waals surface area contributed by atoms with E-state index in [1.54, 1.807) is 6.07 Å². The van der Waals surface area contributed by atoms with Crippen LogP contribution in [0, 0.1) is 19.8 Å². The highest BCUT2D eigenvalue weighted by atomic mass is 16.5. The van der Waals surface area contributed by atoms with Crippen molar-refractivity contribution in [1.82, 2.24) is 0 Å². The number of hydrogen-bond acceptors (Lipinski definition) is 3. The van der Waals surface area contributed by atoms with E-state index in [0.717, 1.165) is 18.6 Å². The number of aromatic hydroxyl groups is 1. The van der Waals surface area contributed by atoms with Gasteiger partial charge in [-0.3, -0.25) is 0 Å². The fraction of sp³-hybridized carbons (Fsp3) is 0.368. The van der Waals surface area contributed by atoms with Crippen LogP contribution < -0.4 is 5.32 Å². The van der Waals surface area contributed by atoms with Crippen molar-refractivity contribution >= 4 is 5.69 Å². The lowest BCUT2D eigenvalue weighted by molar-refractivity contribution is 0.0828. The molecule has 3 nitrogen and oxygen atoms in total. The van der Waals surface area contributed by atoms with E-state index < -0.39 is 0 Å². The molecular weight excluding hydrogens is 274 g/mol. The highest BCUT2D eigenvalue weighted by Gasteiger charge is 2.41. The molecule has 2 aromatic rings. The Kier molecular flexibility index (Phi) is 3.12. The molecule has 114 valence electrons. The van der Waals surface area contributed by atoms with E-state index in [4.69, 9.17) is 4.74 Å². The lowest BCUT2D eigenvalue weighted by Crippen LogP contribution is -2.29. The zero-order valence-electron chi connectivity index (χ0n) is 13.0. The predicted molar refractivity (Wildman–Crippen MR) is 87.2 cm³/mol. The summed E-state index contributed by atoms with van der Waals surface area (Å²) in [5, 5.41) is 13.5. The third kappa shape index (κ3) is 2.08. The Labute approximate surface area is 130 Å². The Morgan fingerprint density at radius 2 is 2.05 bits per heavy atom. The Hall–Kier alpha value is -2.00. The second-order valence-electron chi connectivity index (χ2n) is 6.51. The molecule has 0 amide bonds. The van der Waals surface area contributed by atoms with Gasteiger partial charge in [-0.05, 0) is 43.5 Å². The SMILES string of the molecule is Cc1cc(C)c2c(c1)C1OCCC1C(c1cccc(O)c1)N2. The summed E-state index contributed by atoms with van der Waals surface area (Å²) in [6.07, 6.45) is 1.20. The molecule has 0 radical (unpaired) electrons. The van der Waals surface area contributed by atoms with Gasteiger partial charge in [0.15, 0.2) is 0 Å². The zero-order valence-corrected chi connectivity index (χ0v) is 13.0. The molecule has 0 aliphatic carbocycles. The number of anilines is 1. The minimum atomic E-state index is 0.155. The summed E-state index contributed by atoms with van der Waals surface area (Å²) in [6.45, 7) is 5.09. The van der Waals surface area contributed by atoms with E-state index in [2.05, 4.69) is 37.4 Å². The third-order valence-corrected chi connectivity index (χ3v) is 4.91. The largest absolute Gasteiger partial charge is 0.508 e. The van der Waals surface area contributed by atoms with Crippen LogP contribution in [0.15, 0.2) is 36.4 Å². The first-order chi connectivity index (χ1) is 10.6. The van der Waals surface area contributed by atoms with Crippen molar-refractivity contribution < 1.29 is 9.84 Å². The number of phenolic OH excluding ortho intramolecular Hbond substituents is 1. The Morgan fingerprint density at radius 3 is 2.86 bits per heavy atom. The Bertz CT molecular complexity index is 725. The average molecular weight is 295 g/mol. The maximum atomic E-state index is 9.81. The van der Waals surface area contributed by atoms with Crippen molar-refractivity contribution in [2.24, 2.45) is 5.92 Å². The molecular formula is C19H21NO2. The van der Waals surface area contributed by atoms with Crippen molar-refractivity contribution in [3.05, 3.63) is 58.7 Å². The van der Waals surface area contributed by atoms with Gasteiger partial charge >= 0.3 is 0 Å². The number of hydrogen-bond donors (Lipinski definition) is 2. The van der Waals surface area contributed by atoms with Crippen LogP contribution in [0.2, 0.25) is 0 Å². The predicted octanol–water partition coefficient (Wildman–Crippen LogP) is 4.25. The number of rotatable bonds is 1. The van der Waals surface area contributed by atoms with E-state index >= 15 is 0 Å². The first-order valence-electron chi connectivity index (χ1n) is 7.91. The number of phenols is 1. The summed E-state index contributed by atoms with van der Waals surface area (Å²) in [6, 6.07) is 12.2. The molecule has 2 aromatic carbocycles. The topological polar surface area (TPSA) is 41.5 Å². The monoisotopic (exact) mass is 295 g/mol. The van der Waals surface area contributed by atoms with Crippen LogP contribution in [0.5, 0.6) is 5.75 Å². The van der Waals surface area contributed by atoms with Gasteiger partial charge in [0.05, 0.1) is 12.1 Å². The van der Waals surface area contributed by atoms with Crippen LogP contribution >= 0.6 is 0 Å². The number of fused-ring (bicyclic) bond motifs is 3. The molecule has 1 saturated heterocycles. The molecule has 3 unspecified atom stereocenters. The minimum Gasteiger partial charge on any atom is -0.508 e. The zero-order chi connectivity index (χ0) is 15.3. The molecule has 3 heteroatoms. The summed E-state index contributed by atoms with van der Waals surface area (Å²) < 4.78 is 6.07. The van der Waals surface area contributed by atoms with Gasteiger partial charge in [0.25, 0.3) is 0 Å². The number of aryl methyl sites for hydroxylation is 2. The molecule has 3 atom stereocenters. The minimum absolute atomic E-state index is 0.155. The van der Waals surface area contributed by atoms with E-state index in [1.165, 1.54) is 22.4 Å². The fourth-order valence-electron chi connectivity index (χ4n) is 4.00. The molecule has 2 aliphatic heterocycles.